The number of aromatic nitrogens is 2. The van der Waals surface area contributed by atoms with Crippen molar-refractivity contribution in [2.24, 2.45) is 0 Å². The number of aryl methyl sites for hydroxylation is 1. The number of benzene rings is 2. The van der Waals surface area contributed by atoms with Crippen molar-refractivity contribution in [3.05, 3.63) is 57.3 Å². The molecule has 1 heterocycles. The molecule has 29 heavy (non-hydrogen) atoms. The number of hydrogen-bond donors (Lipinski definition) is 1. The molecule has 0 aliphatic carbocycles. The van der Waals surface area contributed by atoms with Gasteiger partial charge in [0, 0.05) is 16.0 Å². The Bertz CT molecular complexity index is 1160. The molecule has 0 saturated heterocycles. The van der Waals surface area contributed by atoms with E-state index in [9.17, 15) is 21.6 Å². The molecule has 2 aromatic carbocycles. The van der Waals surface area contributed by atoms with Crippen molar-refractivity contribution >= 4 is 48.6 Å². The summed E-state index contributed by atoms with van der Waals surface area (Å²) in [4.78, 5) is 4.40. The molecule has 0 radical (unpaired) electrons. The van der Waals surface area contributed by atoms with Crippen LogP contribution in [0.3, 0.4) is 0 Å². The zero-order chi connectivity index (χ0) is 21.6. The number of imidazole rings is 1. The quantitative estimate of drug-likeness (QED) is 0.491. The predicted molar refractivity (Wildman–Crippen MR) is 108 cm³/mol. The van der Waals surface area contributed by atoms with Crippen LogP contribution in [-0.2, 0) is 22.7 Å². The molecule has 0 fully saturated rings. The molecule has 0 amide bonds. The summed E-state index contributed by atoms with van der Waals surface area (Å²) in [6.07, 6.45) is -4.53. The van der Waals surface area contributed by atoms with Crippen LogP contribution in [0.1, 0.15) is 31.3 Å². The van der Waals surface area contributed by atoms with E-state index in [4.69, 9.17) is 11.6 Å². The van der Waals surface area contributed by atoms with E-state index in [0.29, 0.717) is 22.9 Å². The highest BCUT2D eigenvalue weighted by atomic mass is 79.9. The van der Waals surface area contributed by atoms with Crippen LogP contribution in [0.15, 0.2) is 45.8 Å². The molecular weight excluding hydrogens is 495 g/mol. The average Bonchev–Trinajstić information content (AvgIpc) is 2.97. The molecule has 1 atom stereocenters. The number of rotatable bonds is 5. The average molecular weight is 511 g/mol. The van der Waals surface area contributed by atoms with E-state index < -0.39 is 27.8 Å². The fourth-order valence-corrected chi connectivity index (χ4v) is 4.90. The smallest absolute Gasteiger partial charge is 0.327 e. The number of sulfonamides is 1. The molecule has 0 aliphatic heterocycles. The number of nitrogens with zero attached hydrogens (tertiary/aromatic N) is 2. The summed E-state index contributed by atoms with van der Waals surface area (Å²) in [5.41, 5.74) is -0.213. The lowest BCUT2D eigenvalue weighted by Crippen LogP contribution is -2.28. The van der Waals surface area contributed by atoms with Crippen LogP contribution in [0.25, 0.3) is 11.0 Å². The lowest BCUT2D eigenvalue weighted by molar-refractivity contribution is -0.138. The third-order valence-corrected chi connectivity index (χ3v) is 6.80. The first kappa shape index (κ1) is 22.1. The molecule has 1 N–H and O–H groups in total. The van der Waals surface area contributed by atoms with Gasteiger partial charge in [-0.05, 0) is 50.2 Å². The first-order valence-electron chi connectivity index (χ1n) is 8.49. The minimum atomic E-state index is -4.53. The largest absolute Gasteiger partial charge is 0.417 e. The maximum Gasteiger partial charge on any atom is 0.417 e. The molecule has 0 aliphatic rings. The zero-order valence-corrected chi connectivity index (χ0v) is 18.4. The minimum absolute atomic E-state index is 0.0232. The van der Waals surface area contributed by atoms with Crippen LogP contribution in [0.4, 0.5) is 13.2 Å². The molecule has 0 spiro atoms. The molecule has 0 saturated carbocycles. The highest BCUT2D eigenvalue weighted by Gasteiger charge is 2.34. The fraction of sp³-hybridized carbons (Fsp3) is 0.278. The Balaban J connectivity index is 2.03. The Morgan fingerprint density at radius 2 is 1.86 bits per heavy atom. The van der Waals surface area contributed by atoms with E-state index in [1.165, 1.54) is 30.3 Å². The molecule has 3 aromatic rings. The van der Waals surface area contributed by atoms with Gasteiger partial charge in [-0.15, -0.1) is 0 Å². The van der Waals surface area contributed by atoms with Crippen LogP contribution in [0.2, 0.25) is 5.02 Å². The van der Waals surface area contributed by atoms with Gasteiger partial charge < -0.3 is 4.57 Å². The fourth-order valence-electron chi connectivity index (χ4n) is 3.01. The van der Waals surface area contributed by atoms with Crippen LogP contribution in [0, 0.1) is 0 Å². The molecule has 11 heteroatoms. The van der Waals surface area contributed by atoms with Crippen LogP contribution in [0.5, 0.6) is 0 Å². The number of alkyl halides is 3. The Labute approximate surface area is 179 Å². The van der Waals surface area contributed by atoms with E-state index in [2.05, 4.69) is 25.6 Å². The van der Waals surface area contributed by atoms with Crippen LogP contribution < -0.4 is 4.72 Å². The van der Waals surface area contributed by atoms with Gasteiger partial charge in [0.1, 0.15) is 5.82 Å². The summed E-state index contributed by atoms with van der Waals surface area (Å²) in [5.74, 6) is 0.311. The zero-order valence-electron chi connectivity index (χ0n) is 15.3. The summed E-state index contributed by atoms with van der Waals surface area (Å²) in [6, 6.07) is 7.17. The van der Waals surface area contributed by atoms with Crippen molar-refractivity contribution in [2.75, 3.05) is 0 Å². The second-order valence-corrected chi connectivity index (χ2v) is 9.33. The molecule has 5 nitrogen and oxygen atoms in total. The molecule has 1 aromatic heterocycles. The maximum atomic E-state index is 13.3. The number of fused-ring (bicyclic) bond motifs is 1. The first-order valence-corrected chi connectivity index (χ1v) is 11.1. The van der Waals surface area contributed by atoms with Crippen molar-refractivity contribution in [3.8, 4) is 0 Å². The van der Waals surface area contributed by atoms with Crippen molar-refractivity contribution in [3.63, 3.8) is 0 Å². The van der Waals surface area contributed by atoms with Crippen LogP contribution in [-0.4, -0.2) is 18.0 Å². The first-order chi connectivity index (χ1) is 13.4. The highest BCUT2D eigenvalue weighted by molar-refractivity contribution is 9.10. The van der Waals surface area contributed by atoms with Crippen LogP contribution >= 0.6 is 27.5 Å². The Kier molecular flexibility index (Phi) is 6.01. The Hall–Kier alpha value is -1.62. The van der Waals surface area contributed by atoms with Gasteiger partial charge in [-0.25, -0.2) is 18.1 Å². The SMILES string of the molecule is CCn1c([C@@H](C)NS(=O)(=O)c2ccc(Cl)cc2)nc2cc(Br)c(C(F)(F)F)cc21. The van der Waals surface area contributed by atoms with Gasteiger partial charge >= 0.3 is 6.18 Å². The monoisotopic (exact) mass is 509 g/mol. The summed E-state index contributed by atoms with van der Waals surface area (Å²) in [7, 11) is -3.88. The summed E-state index contributed by atoms with van der Waals surface area (Å²) in [6.45, 7) is 3.65. The second-order valence-electron chi connectivity index (χ2n) is 6.33. The van der Waals surface area contributed by atoms with E-state index in [1.54, 1.807) is 18.4 Å². The highest BCUT2D eigenvalue weighted by Crippen LogP contribution is 2.38. The Morgan fingerprint density at radius 3 is 2.41 bits per heavy atom. The third kappa shape index (κ3) is 4.45. The van der Waals surface area contributed by atoms with E-state index in [1.807, 2.05) is 0 Å². The van der Waals surface area contributed by atoms with E-state index >= 15 is 0 Å². The van der Waals surface area contributed by atoms with Crippen molar-refractivity contribution in [1.82, 2.24) is 14.3 Å². The van der Waals surface area contributed by atoms with Gasteiger partial charge in [0.05, 0.1) is 27.5 Å². The molecule has 3 rings (SSSR count). The number of halogens is 5. The summed E-state index contributed by atoms with van der Waals surface area (Å²) < 4.78 is 69.0. The molecule has 156 valence electrons. The van der Waals surface area contributed by atoms with Gasteiger partial charge in [-0.1, -0.05) is 27.5 Å². The second kappa shape index (κ2) is 7.90. The van der Waals surface area contributed by atoms with Crippen molar-refractivity contribution in [2.45, 2.75) is 37.5 Å². The predicted octanol–water partition coefficient (Wildman–Crippen LogP) is 5.53. The van der Waals surface area contributed by atoms with Crippen molar-refractivity contribution < 1.29 is 21.6 Å². The van der Waals surface area contributed by atoms with Gasteiger partial charge in [0.2, 0.25) is 10.0 Å². The third-order valence-electron chi connectivity index (χ3n) is 4.33. The lowest BCUT2D eigenvalue weighted by atomic mass is 10.2. The maximum absolute atomic E-state index is 13.3. The normalized spacial score (nSPS) is 13.8. The number of nitrogens with one attached hydrogen (secondary N) is 1. The molecular formula is C18H16BrClF3N3O2S. The van der Waals surface area contributed by atoms with Crippen molar-refractivity contribution in [1.29, 1.82) is 0 Å². The van der Waals surface area contributed by atoms with Gasteiger partial charge in [-0.2, -0.15) is 13.2 Å². The van der Waals surface area contributed by atoms with Gasteiger partial charge in [0.15, 0.2) is 0 Å². The standard InChI is InChI=1S/C18H16BrClF3N3O2S/c1-3-26-16-8-13(18(21,22)23)14(19)9-15(16)24-17(26)10(2)25-29(27,28)12-6-4-11(20)5-7-12/h4-10,25H,3H2,1-2H3/t10-/m1/s1. The van der Waals surface area contributed by atoms with E-state index in [-0.39, 0.29) is 14.9 Å². The van der Waals surface area contributed by atoms with Gasteiger partial charge in [-0.3, -0.25) is 0 Å². The lowest BCUT2D eigenvalue weighted by Gasteiger charge is -2.16. The molecule has 0 unspecified atom stereocenters. The minimum Gasteiger partial charge on any atom is -0.327 e. The Morgan fingerprint density at radius 1 is 1.24 bits per heavy atom. The summed E-state index contributed by atoms with van der Waals surface area (Å²) in [5, 5.41) is 0.399. The van der Waals surface area contributed by atoms with E-state index in [0.717, 1.165) is 6.07 Å². The van der Waals surface area contributed by atoms with Gasteiger partial charge in [0.25, 0.3) is 0 Å². The number of hydrogen-bond acceptors (Lipinski definition) is 3. The topological polar surface area (TPSA) is 64.0 Å². The summed E-state index contributed by atoms with van der Waals surface area (Å²) >= 11 is 8.73. The molecule has 0 bridgehead atoms.